The lowest BCUT2D eigenvalue weighted by Crippen LogP contribution is -2.22. The summed E-state index contributed by atoms with van der Waals surface area (Å²) in [6, 6.07) is 6.71. The molecule has 0 saturated heterocycles. The number of rotatable bonds is 8. The minimum atomic E-state index is -0.415. The van der Waals surface area contributed by atoms with Crippen molar-refractivity contribution in [3.05, 3.63) is 29.8 Å². The largest absolute Gasteiger partial charge is 0.465 e. The fraction of sp³-hybridized carbons (Fsp3) is 0.467. The Kier molecular flexibility index (Phi) is 7.35. The van der Waals surface area contributed by atoms with Crippen LogP contribution in [-0.2, 0) is 9.53 Å². The van der Waals surface area contributed by atoms with E-state index in [0.717, 1.165) is 19.4 Å². The van der Waals surface area contributed by atoms with Crippen LogP contribution in [0.4, 0.5) is 5.69 Å². The van der Waals surface area contributed by atoms with Gasteiger partial charge in [0.05, 0.1) is 12.7 Å². The van der Waals surface area contributed by atoms with Crippen LogP contribution >= 0.6 is 0 Å². The molecule has 0 bridgehead atoms. The third-order valence-electron chi connectivity index (χ3n) is 2.80. The van der Waals surface area contributed by atoms with Crippen LogP contribution < -0.4 is 10.6 Å². The molecule has 1 aromatic rings. The van der Waals surface area contributed by atoms with Crippen LogP contribution in [0.3, 0.4) is 0 Å². The molecule has 0 saturated carbocycles. The molecule has 0 aliphatic rings. The molecule has 0 aliphatic carbocycles. The molecule has 110 valence electrons. The lowest BCUT2D eigenvalue weighted by Gasteiger charge is -2.07. The van der Waals surface area contributed by atoms with Gasteiger partial charge in [0.2, 0.25) is 5.91 Å². The average molecular weight is 278 g/mol. The van der Waals surface area contributed by atoms with E-state index in [1.165, 1.54) is 7.11 Å². The van der Waals surface area contributed by atoms with Crippen molar-refractivity contribution >= 4 is 17.6 Å². The highest BCUT2D eigenvalue weighted by molar-refractivity contribution is 5.94. The Labute approximate surface area is 119 Å². The van der Waals surface area contributed by atoms with Crippen molar-refractivity contribution < 1.29 is 14.3 Å². The molecule has 0 unspecified atom stereocenters. The molecule has 5 nitrogen and oxygen atoms in total. The summed E-state index contributed by atoms with van der Waals surface area (Å²) < 4.78 is 4.64. The zero-order valence-electron chi connectivity index (χ0n) is 12.1. The lowest BCUT2D eigenvalue weighted by atomic mass is 10.2. The number of methoxy groups -OCH3 is 1. The SMILES string of the molecule is CCCCNCCC(=O)Nc1cccc(C(=O)OC)c1. The van der Waals surface area contributed by atoms with Crippen molar-refractivity contribution in [1.29, 1.82) is 0 Å². The summed E-state index contributed by atoms with van der Waals surface area (Å²) in [6.45, 7) is 3.72. The molecule has 0 aliphatic heterocycles. The highest BCUT2D eigenvalue weighted by atomic mass is 16.5. The van der Waals surface area contributed by atoms with Crippen molar-refractivity contribution in [3.8, 4) is 0 Å². The summed E-state index contributed by atoms with van der Waals surface area (Å²) in [4.78, 5) is 23.1. The van der Waals surface area contributed by atoms with Crippen LogP contribution in [-0.4, -0.2) is 32.1 Å². The predicted octanol–water partition coefficient (Wildman–Crippen LogP) is 2.19. The minimum Gasteiger partial charge on any atom is -0.465 e. The number of carbonyl (C=O) groups is 2. The van der Waals surface area contributed by atoms with Gasteiger partial charge < -0.3 is 15.4 Å². The molecule has 20 heavy (non-hydrogen) atoms. The van der Waals surface area contributed by atoms with E-state index < -0.39 is 5.97 Å². The standard InChI is InChI=1S/C15H22N2O3/c1-3-4-9-16-10-8-14(18)17-13-7-5-6-12(11-13)15(19)20-2/h5-7,11,16H,3-4,8-10H2,1-2H3,(H,17,18). The Bertz CT molecular complexity index is 446. The number of amides is 1. The molecule has 0 aromatic heterocycles. The van der Waals surface area contributed by atoms with Gasteiger partial charge in [0.1, 0.15) is 0 Å². The van der Waals surface area contributed by atoms with Crippen molar-refractivity contribution in [2.45, 2.75) is 26.2 Å². The lowest BCUT2D eigenvalue weighted by molar-refractivity contribution is -0.116. The van der Waals surface area contributed by atoms with E-state index in [0.29, 0.717) is 24.2 Å². The van der Waals surface area contributed by atoms with Gasteiger partial charge in [-0.05, 0) is 31.2 Å². The van der Waals surface area contributed by atoms with E-state index >= 15 is 0 Å². The Morgan fingerprint density at radius 3 is 2.75 bits per heavy atom. The first kappa shape index (κ1) is 16.2. The summed E-state index contributed by atoms with van der Waals surface area (Å²) in [5, 5.41) is 5.97. The molecule has 0 heterocycles. The Hall–Kier alpha value is -1.88. The summed E-state index contributed by atoms with van der Waals surface area (Å²) in [5.41, 5.74) is 1.03. The molecule has 0 atom stereocenters. The zero-order valence-corrected chi connectivity index (χ0v) is 12.1. The second kappa shape index (κ2) is 9.09. The van der Waals surface area contributed by atoms with Crippen molar-refractivity contribution in [2.75, 3.05) is 25.5 Å². The maximum absolute atomic E-state index is 11.7. The minimum absolute atomic E-state index is 0.0731. The molecule has 1 aromatic carbocycles. The first-order chi connectivity index (χ1) is 9.67. The number of ether oxygens (including phenoxy) is 1. The van der Waals surface area contributed by atoms with Crippen molar-refractivity contribution in [3.63, 3.8) is 0 Å². The summed E-state index contributed by atoms with van der Waals surface area (Å²) in [7, 11) is 1.33. The molecule has 0 radical (unpaired) electrons. The maximum Gasteiger partial charge on any atom is 0.337 e. The number of anilines is 1. The summed E-state index contributed by atoms with van der Waals surface area (Å²) >= 11 is 0. The van der Waals surface area contributed by atoms with E-state index in [-0.39, 0.29) is 5.91 Å². The van der Waals surface area contributed by atoms with Crippen molar-refractivity contribution in [2.24, 2.45) is 0 Å². The van der Waals surface area contributed by atoms with Crippen LogP contribution in [0.25, 0.3) is 0 Å². The van der Waals surface area contributed by atoms with Gasteiger partial charge in [-0.25, -0.2) is 4.79 Å². The maximum atomic E-state index is 11.7. The van der Waals surface area contributed by atoms with E-state index in [4.69, 9.17) is 0 Å². The second-order valence-electron chi connectivity index (χ2n) is 4.47. The van der Waals surface area contributed by atoms with Crippen molar-refractivity contribution in [1.82, 2.24) is 5.32 Å². The second-order valence-corrected chi connectivity index (χ2v) is 4.47. The Morgan fingerprint density at radius 2 is 2.05 bits per heavy atom. The first-order valence-corrected chi connectivity index (χ1v) is 6.86. The number of nitrogens with one attached hydrogen (secondary N) is 2. The monoisotopic (exact) mass is 278 g/mol. The van der Waals surface area contributed by atoms with Gasteiger partial charge in [0, 0.05) is 18.7 Å². The fourth-order valence-corrected chi connectivity index (χ4v) is 1.69. The fourth-order valence-electron chi connectivity index (χ4n) is 1.69. The Balaban J connectivity index is 2.40. The van der Waals surface area contributed by atoms with E-state index in [9.17, 15) is 9.59 Å². The van der Waals surface area contributed by atoms with Gasteiger partial charge in [-0.2, -0.15) is 0 Å². The number of hydrogen-bond acceptors (Lipinski definition) is 4. The highest BCUT2D eigenvalue weighted by Crippen LogP contribution is 2.11. The van der Waals surface area contributed by atoms with Crippen LogP contribution in [0, 0.1) is 0 Å². The summed E-state index contributed by atoms with van der Waals surface area (Å²) in [6.07, 6.45) is 2.66. The smallest absolute Gasteiger partial charge is 0.337 e. The molecule has 0 fully saturated rings. The van der Waals surface area contributed by atoms with Crippen LogP contribution in [0.15, 0.2) is 24.3 Å². The van der Waals surface area contributed by atoms with Gasteiger partial charge >= 0.3 is 5.97 Å². The van der Waals surface area contributed by atoms with E-state index in [1.54, 1.807) is 24.3 Å². The molecule has 2 N–H and O–H groups in total. The van der Waals surface area contributed by atoms with Gasteiger partial charge in [0.15, 0.2) is 0 Å². The topological polar surface area (TPSA) is 67.4 Å². The third kappa shape index (κ3) is 5.84. The number of unbranched alkanes of at least 4 members (excludes halogenated alkanes) is 1. The predicted molar refractivity (Wildman–Crippen MR) is 78.8 cm³/mol. The summed E-state index contributed by atoms with van der Waals surface area (Å²) in [5.74, 6) is -0.488. The number of hydrogen-bond donors (Lipinski definition) is 2. The van der Waals surface area contributed by atoms with E-state index in [2.05, 4.69) is 22.3 Å². The van der Waals surface area contributed by atoms with Gasteiger partial charge in [-0.1, -0.05) is 19.4 Å². The van der Waals surface area contributed by atoms with Gasteiger partial charge in [-0.15, -0.1) is 0 Å². The van der Waals surface area contributed by atoms with Crippen LogP contribution in [0.1, 0.15) is 36.5 Å². The number of benzene rings is 1. The third-order valence-corrected chi connectivity index (χ3v) is 2.80. The molecule has 0 spiro atoms. The number of carbonyl (C=O) groups excluding carboxylic acids is 2. The number of esters is 1. The van der Waals surface area contributed by atoms with Gasteiger partial charge in [0.25, 0.3) is 0 Å². The van der Waals surface area contributed by atoms with Crippen LogP contribution in [0.2, 0.25) is 0 Å². The molecule has 1 rings (SSSR count). The average Bonchev–Trinajstić information content (AvgIpc) is 2.46. The normalized spacial score (nSPS) is 10.1. The Morgan fingerprint density at radius 1 is 1.25 bits per heavy atom. The van der Waals surface area contributed by atoms with Crippen LogP contribution in [0.5, 0.6) is 0 Å². The van der Waals surface area contributed by atoms with E-state index in [1.807, 2.05) is 0 Å². The first-order valence-electron chi connectivity index (χ1n) is 6.86. The molecule has 5 heteroatoms. The molecular weight excluding hydrogens is 256 g/mol. The molecular formula is C15H22N2O3. The molecule has 1 amide bonds. The highest BCUT2D eigenvalue weighted by Gasteiger charge is 2.07. The zero-order chi connectivity index (χ0) is 14.8. The quantitative estimate of drug-likeness (QED) is 0.565. The van der Waals surface area contributed by atoms with Gasteiger partial charge in [-0.3, -0.25) is 4.79 Å².